The zero-order valence-corrected chi connectivity index (χ0v) is 10.3. The van der Waals surface area contributed by atoms with Crippen molar-refractivity contribution in [1.29, 1.82) is 0 Å². The Morgan fingerprint density at radius 1 is 1.29 bits per heavy atom. The number of hydrogen-bond acceptors (Lipinski definition) is 3. The summed E-state index contributed by atoms with van der Waals surface area (Å²) in [6.07, 6.45) is 0. The molecule has 0 radical (unpaired) electrons. The summed E-state index contributed by atoms with van der Waals surface area (Å²) in [7, 11) is 0. The van der Waals surface area contributed by atoms with Gasteiger partial charge in [0.05, 0.1) is 0 Å². The van der Waals surface area contributed by atoms with E-state index in [4.69, 9.17) is 17.3 Å². The fourth-order valence-corrected chi connectivity index (χ4v) is 1.82. The van der Waals surface area contributed by atoms with E-state index in [1.165, 1.54) is 11.1 Å². The summed E-state index contributed by atoms with van der Waals surface area (Å²) < 4.78 is 0. The van der Waals surface area contributed by atoms with Crippen LogP contribution in [0.25, 0.3) is 0 Å². The molecule has 0 saturated carbocycles. The maximum absolute atomic E-state index is 5.83. The van der Waals surface area contributed by atoms with Crippen molar-refractivity contribution in [3.8, 4) is 0 Å². The lowest BCUT2D eigenvalue weighted by molar-refractivity contribution is 1.09. The summed E-state index contributed by atoms with van der Waals surface area (Å²) in [5.41, 5.74) is 8.78. The molecule has 0 aliphatic heterocycles. The van der Waals surface area contributed by atoms with Crippen LogP contribution in [0.15, 0.2) is 36.4 Å². The van der Waals surface area contributed by atoms with Crippen molar-refractivity contribution >= 4 is 23.1 Å². The van der Waals surface area contributed by atoms with Crippen LogP contribution in [-0.2, 0) is 6.54 Å². The van der Waals surface area contributed by atoms with E-state index >= 15 is 0 Å². The molecule has 2 rings (SSSR count). The number of nitrogens with one attached hydrogen (secondary N) is 1. The molecule has 0 spiro atoms. The molecule has 1 aromatic heterocycles. The zero-order chi connectivity index (χ0) is 12.3. The van der Waals surface area contributed by atoms with E-state index in [1.807, 2.05) is 12.1 Å². The molecule has 17 heavy (non-hydrogen) atoms. The lowest BCUT2D eigenvalue weighted by Gasteiger charge is -2.09. The molecule has 1 aromatic carbocycles. The first kappa shape index (κ1) is 11.7. The standard InChI is InChI=1S/C13H14ClN3/c1-9-4-2-3-5-10(9)8-16-13-7-11(15)6-12(14)17-13/h2-7H,8H2,1H3,(H3,15,16,17). The van der Waals surface area contributed by atoms with Gasteiger partial charge in [0.2, 0.25) is 0 Å². The Hall–Kier alpha value is -1.74. The minimum Gasteiger partial charge on any atom is -0.399 e. The first-order valence-corrected chi connectivity index (χ1v) is 5.74. The Morgan fingerprint density at radius 3 is 2.76 bits per heavy atom. The third-order valence-corrected chi connectivity index (χ3v) is 2.73. The van der Waals surface area contributed by atoms with Gasteiger partial charge in [-0.05, 0) is 24.1 Å². The summed E-state index contributed by atoms with van der Waals surface area (Å²) >= 11 is 5.83. The molecular weight excluding hydrogens is 234 g/mol. The van der Waals surface area contributed by atoms with Crippen molar-refractivity contribution in [1.82, 2.24) is 4.98 Å². The van der Waals surface area contributed by atoms with Crippen molar-refractivity contribution < 1.29 is 0 Å². The minimum atomic E-state index is 0.400. The molecule has 0 aliphatic rings. The molecule has 0 amide bonds. The van der Waals surface area contributed by atoms with Gasteiger partial charge >= 0.3 is 0 Å². The summed E-state index contributed by atoms with van der Waals surface area (Å²) in [6.45, 7) is 2.79. The van der Waals surface area contributed by atoms with Crippen molar-refractivity contribution in [3.05, 3.63) is 52.7 Å². The van der Waals surface area contributed by atoms with Crippen LogP contribution in [0.1, 0.15) is 11.1 Å². The van der Waals surface area contributed by atoms with Crippen molar-refractivity contribution in [2.45, 2.75) is 13.5 Å². The van der Waals surface area contributed by atoms with Crippen LogP contribution in [-0.4, -0.2) is 4.98 Å². The SMILES string of the molecule is Cc1ccccc1CNc1cc(N)cc(Cl)n1. The number of hydrogen-bond donors (Lipinski definition) is 2. The quantitative estimate of drug-likeness (QED) is 0.819. The number of nitrogen functional groups attached to an aromatic ring is 1. The van der Waals surface area contributed by atoms with E-state index in [0.29, 0.717) is 23.2 Å². The number of aromatic nitrogens is 1. The third kappa shape index (κ3) is 3.11. The molecule has 4 heteroatoms. The molecule has 0 bridgehead atoms. The van der Waals surface area contributed by atoms with Crippen molar-refractivity contribution in [2.24, 2.45) is 0 Å². The second kappa shape index (κ2) is 5.06. The fraction of sp³-hybridized carbons (Fsp3) is 0.154. The van der Waals surface area contributed by atoms with E-state index in [9.17, 15) is 0 Å². The summed E-state index contributed by atoms with van der Waals surface area (Å²) in [5.74, 6) is 0.693. The maximum Gasteiger partial charge on any atom is 0.133 e. The predicted octanol–water partition coefficient (Wildman–Crippen LogP) is 3.24. The Kier molecular flexibility index (Phi) is 3.49. The van der Waals surface area contributed by atoms with Gasteiger partial charge in [0.1, 0.15) is 11.0 Å². The van der Waals surface area contributed by atoms with Gasteiger partial charge in [-0.3, -0.25) is 0 Å². The van der Waals surface area contributed by atoms with Crippen LogP contribution in [0, 0.1) is 6.92 Å². The Labute approximate surface area is 106 Å². The normalized spacial score (nSPS) is 10.2. The highest BCUT2D eigenvalue weighted by Gasteiger charge is 2.00. The fourth-order valence-electron chi connectivity index (χ4n) is 1.60. The van der Waals surface area contributed by atoms with Gasteiger partial charge in [0.25, 0.3) is 0 Å². The molecular formula is C13H14ClN3. The van der Waals surface area contributed by atoms with Crippen LogP contribution in [0.5, 0.6) is 0 Å². The molecule has 0 unspecified atom stereocenters. The van der Waals surface area contributed by atoms with Gasteiger partial charge in [-0.25, -0.2) is 4.98 Å². The average Bonchev–Trinajstić information content (AvgIpc) is 2.27. The first-order valence-electron chi connectivity index (χ1n) is 5.36. The van der Waals surface area contributed by atoms with E-state index in [1.54, 1.807) is 12.1 Å². The Balaban J connectivity index is 2.10. The van der Waals surface area contributed by atoms with Gasteiger partial charge < -0.3 is 11.1 Å². The largest absolute Gasteiger partial charge is 0.399 e. The van der Waals surface area contributed by atoms with Crippen LogP contribution >= 0.6 is 11.6 Å². The van der Waals surface area contributed by atoms with Gasteiger partial charge in [0, 0.05) is 18.3 Å². The van der Waals surface area contributed by atoms with E-state index in [2.05, 4.69) is 29.4 Å². The molecule has 3 nitrogen and oxygen atoms in total. The lowest BCUT2D eigenvalue weighted by atomic mass is 10.1. The molecule has 0 saturated heterocycles. The summed E-state index contributed by atoms with van der Waals surface area (Å²) in [5, 5.41) is 3.61. The number of anilines is 2. The van der Waals surface area contributed by atoms with Crippen molar-refractivity contribution in [2.75, 3.05) is 11.1 Å². The van der Waals surface area contributed by atoms with Gasteiger partial charge in [-0.15, -0.1) is 0 Å². The van der Waals surface area contributed by atoms with E-state index in [0.717, 1.165) is 0 Å². The third-order valence-electron chi connectivity index (χ3n) is 2.54. The molecule has 1 heterocycles. The van der Waals surface area contributed by atoms with Gasteiger partial charge in [-0.2, -0.15) is 0 Å². The van der Waals surface area contributed by atoms with Crippen molar-refractivity contribution in [3.63, 3.8) is 0 Å². The molecule has 2 aromatic rings. The van der Waals surface area contributed by atoms with Crippen LogP contribution in [0.3, 0.4) is 0 Å². The molecule has 3 N–H and O–H groups in total. The first-order chi connectivity index (χ1) is 8.15. The van der Waals surface area contributed by atoms with Crippen LogP contribution < -0.4 is 11.1 Å². The highest BCUT2D eigenvalue weighted by molar-refractivity contribution is 6.29. The second-order valence-electron chi connectivity index (χ2n) is 3.89. The zero-order valence-electron chi connectivity index (χ0n) is 9.57. The highest BCUT2D eigenvalue weighted by Crippen LogP contribution is 2.17. The molecule has 0 aliphatic carbocycles. The number of pyridine rings is 1. The monoisotopic (exact) mass is 247 g/mol. The number of aryl methyl sites for hydroxylation is 1. The van der Waals surface area contributed by atoms with Crippen LogP contribution in [0.4, 0.5) is 11.5 Å². The van der Waals surface area contributed by atoms with E-state index in [-0.39, 0.29) is 0 Å². The van der Waals surface area contributed by atoms with Crippen LogP contribution in [0.2, 0.25) is 5.15 Å². The molecule has 0 fully saturated rings. The number of nitrogens with zero attached hydrogens (tertiary/aromatic N) is 1. The number of nitrogens with two attached hydrogens (primary N) is 1. The number of halogens is 1. The average molecular weight is 248 g/mol. The Morgan fingerprint density at radius 2 is 2.06 bits per heavy atom. The summed E-state index contributed by atoms with van der Waals surface area (Å²) in [4.78, 5) is 4.15. The maximum atomic E-state index is 5.83. The Bertz CT molecular complexity index is 506. The topological polar surface area (TPSA) is 50.9 Å². The lowest BCUT2D eigenvalue weighted by Crippen LogP contribution is -2.03. The second-order valence-corrected chi connectivity index (χ2v) is 4.28. The smallest absolute Gasteiger partial charge is 0.133 e. The summed E-state index contributed by atoms with van der Waals surface area (Å²) in [6, 6.07) is 11.6. The van der Waals surface area contributed by atoms with Gasteiger partial charge in [-0.1, -0.05) is 35.9 Å². The molecule has 88 valence electrons. The van der Waals surface area contributed by atoms with E-state index < -0.39 is 0 Å². The minimum absolute atomic E-state index is 0.400. The number of rotatable bonds is 3. The number of benzene rings is 1. The molecule has 0 atom stereocenters. The predicted molar refractivity (Wildman–Crippen MR) is 72.2 cm³/mol. The highest BCUT2D eigenvalue weighted by atomic mass is 35.5. The van der Waals surface area contributed by atoms with Gasteiger partial charge in [0.15, 0.2) is 0 Å².